The van der Waals surface area contributed by atoms with Crippen molar-refractivity contribution >= 4 is 5.91 Å². The monoisotopic (exact) mass is 369 g/mol. The fourth-order valence-corrected chi connectivity index (χ4v) is 4.38. The van der Waals surface area contributed by atoms with Gasteiger partial charge in [-0.25, -0.2) is 9.36 Å². The van der Waals surface area contributed by atoms with Gasteiger partial charge in [0.2, 0.25) is 5.88 Å². The minimum Gasteiger partial charge on any atom is -0.478 e. The van der Waals surface area contributed by atoms with Crippen LogP contribution < -0.4 is 10.3 Å². The molecule has 0 bridgehead atoms. The van der Waals surface area contributed by atoms with Gasteiger partial charge in [-0.2, -0.15) is 10.2 Å². The Kier molecular flexibility index (Phi) is 3.98. The lowest BCUT2D eigenvalue weighted by Crippen LogP contribution is -2.41. The van der Waals surface area contributed by atoms with Gasteiger partial charge in [-0.15, -0.1) is 0 Å². The van der Waals surface area contributed by atoms with Crippen LogP contribution >= 0.6 is 0 Å². The van der Waals surface area contributed by atoms with Crippen LogP contribution in [0.15, 0.2) is 16.9 Å². The molecule has 2 aromatic heterocycles. The zero-order chi connectivity index (χ0) is 18.4. The van der Waals surface area contributed by atoms with E-state index in [0.29, 0.717) is 31.3 Å². The number of carbonyl (C=O) groups is 1. The Morgan fingerprint density at radius 2 is 2.07 bits per heavy atom. The molecule has 8 nitrogen and oxygen atoms in total. The number of rotatable bonds is 3. The van der Waals surface area contributed by atoms with Gasteiger partial charge in [-0.05, 0) is 37.7 Å². The summed E-state index contributed by atoms with van der Waals surface area (Å²) in [5.74, 6) is 0.578. The Balaban J connectivity index is 1.37. The molecule has 1 atom stereocenters. The number of likely N-dealkylation sites (tertiary alicyclic amines) is 1. The smallest absolute Gasteiger partial charge is 0.274 e. The lowest BCUT2D eigenvalue weighted by Gasteiger charge is -2.24. The normalized spacial score (nSPS) is 21.0. The first-order valence-corrected chi connectivity index (χ1v) is 9.80. The standard InChI is InChI=1S/C19H23N5O3/c25-17-10-13-4-1-6-15(13)20-24(17)12-14-5-2-7-22(14)19(26)16-11-18-23(21-16)8-3-9-27-18/h10-11,14H,1-9,12H2. The minimum atomic E-state index is -0.0859. The molecule has 1 fully saturated rings. The van der Waals surface area contributed by atoms with E-state index < -0.39 is 0 Å². The van der Waals surface area contributed by atoms with Gasteiger partial charge in [-0.1, -0.05) is 0 Å². The lowest BCUT2D eigenvalue weighted by molar-refractivity contribution is 0.0713. The first-order valence-electron chi connectivity index (χ1n) is 9.80. The molecule has 1 saturated heterocycles. The van der Waals surface area contributed by atoms with E-state index in [4.69, 9.17) is 4.74 Å². The average Bonchev–Trinajstić information content (AvgIpc) is 3.40. The van der Waals surface area contributed by atoms with E-state index in [2.05, 4.69) is 10.2 Å². The summed E-state index contributed by atoms with van der Waals surface area (Å²) >= 11 is 0. The van der Waals surface area contributed by atoms with Crippen molar-refractivity contribution in [3.63, 3.8) is 0 Å². The van der Waals surface area contributed by atoms with E-state index in [1.165, 1.54) is 0 Å². The van der Waals surface area contributed by atoms with Gasteiger partial charge in [0.15, 0.2) is 5.69 Å². The number of carbonyl (C=O) groups excluding carboxylic acids is 1. The van der Waals surface area contributed by atoms with Crippen molar-refractivity contribution < 1.29 is 9.53 Å². The third-order valence-electron chi connectivity index (χ3n) is 5.77. The van der Waals surface area contributed by atoms with Crippen molar-refractivity contribution in [3.8, 4) is 5.88 Å². The molecule has 5 rings (SSSR count). The summed E-state index contributed by atoms with van der Waals surface area (Å²) in [5.41, 5.74) is 2.47. The molecular weight excluding hydrogens is 346 g/mol. The maximum absolute atomic E-state index is 13.0. The summed E-state index contributed by atoms with van der Waals surface area (Å²) in [6.07, 6.45) is 5.65. The van der Waals surface area contributed by atoms with Crippen molar-refractivity contribution in [3.05, 3.63) is 39.4 Å². The fourth-order valence-electron chi connectivity index (χ4n) is 4.38. The molecule has 1 unspecified atom stereocenters. The molecule has 142 valence electrons. The summed E-state index contributed by atoms with van der Waals surface area (Å²) < 4.78 is 8.87. The predicted octanol–water partition coefficient (Wildman–Crippen LogP) is 1.02. The zero-order valence-electron chi connectivity index (χ0n) is 15.3. The average molecular weight is 369 g/mol. The van der Waals surface area contributed by atoms with Gasteiger partial charge in [0, 0.05) is 31.6 Å². The molecule has 4 heterocycles. The van der Waals surface area contributed by atoms with Crippen LogP contribution in [0.4, 0.5) is 0 Å². The molecule has 0 radical (unpaired) electrons. The van der Waals surface area contributed by atoms with Crippen LogP contribution in [0.2, 0.25) is 0 Å². The van der Waals surface area contributed by atoms with Crippen molar-refractivity contribution in [1.82, 2.24) is 24.5 Å². The zero-order valence-corrected chi connectivity index (χ0v) is 15.3. The second-order valence-electron chi connectivity index (χ2n) is 7.58. The van der Waals surface area contributed by atoms with Gasteiger partial charge < -0.3 is 9.64 Å². The number of aromatic nitrogens is 4. The molecule has 3 aliphatic rings. The molecule has 2 aromatic rings. The van der Waals surface area contributed by atoms with E-state index >= 15 is 0 Å². The molecule has 27 heavy (non-hydrogen) atoms. The fraction of sp³-hybridized carbons (Fsp3) is 0.579. The topological polar surface area (TPSA) is 82.2 Å². The highest BCUT2D eigenvalue weighted by Gasteiger charge is 2.32. The maximum atomic E-state index is 13.0. The highest BCUT2D eigenvalue weighted by Crippen LogP contribution is 2.24. The van der Waals surface area contributed by atoms with Gasteiger partial charge in [0.25, 0.3) is 11.5 Å². The van der Waals surface area contributed by atoms with Crippen LogP contribution in [-0.4, -0.2) is 49.6 Å². The SMILES string of the molecule is O=C(c1cc2n(n1)CCCO2)N1CCCC1Cn1nc2c(cc1=O)CCC2. The van der Waals surface area contributed by atoms with Crippen molar-refractivity contribution in [2.45, 2.75) is 57.7 Å². The first kappa shape index (κ1) is 16.5. The quantitative estimate of drug-likeness (QED) is 0.807. The first-order chi connectivity index (χ1) is 13.2. The van der Waals surface area contributed by atoms with Crippen LogP contribution in [0.25, 0.3) is 0 Å². The van der Waals surface area contributed by atoms with Crippen LogP contribution in [0.1, 0.15) is 47.4 Å². The highest BCUT2D eigenvalue weighted by molar-refractivity contribution is 5.93. The molecule has 0 N–H and O–H groups in total. The van der Waals surface area contributed by atoms with Crippen LogP contribution in [0.5, 0.6) is 5.88 Å². The maximum Gasteiger partial charge on any atom is 0.274 e. The Morgan fingerprint density at radius 3 is 2.96 bits per heavy atom. The number of aryl methyl sites for hydroxylation is 3. The summed E-state index contributed by atoms with van der Waals surface area (Å²) in [7, 11) is 0. The Morgan fingerprint density at radius 1 is 1.15 bits per heavy atom. The predicted molar refractivity (Wildman–Crippen MR) is 96.9 cm³/mol. The van der Waals surface area contributed by atoms with Gasteiger partial charge >= 0.3 is 0 Å². The van der Waals surface area contributed by atoms with E-state index in [-0.39, 0.29) is 17.5 Å². The molecular formula is C19H23N5O3. The number of ether oxygens (including phenoxy) is 1. The Hall–Kier alpha value is -2.64. The largest absolute Gasteiger partial charge is 0.478 e. The van der Waals surface area contributed by atoms with Crippen LogP contribution in [-0.2, 0) is 25.9 Å². The van der Waals surface area contributed by atoms with Crippen LogP contribution in [0, 0.1) is 0 Å². The molecule has 2 aliphatic heterocycles. The second-order valence-corrected chi connectivity index (χ2v) is 7.58. The Labute approximate surface area is 156 Å². The third kappa shape index (κ3) is 2.93. The number of hydrogen-bond acceptors (Lipinski definition) is 5. The summed E-state index contributed by atoms with van der Waals surface area (Å²) in [6, 6.07) is 3.43. The van der Waals surface area contributed by atoms with Crippen molar-refractivity contribution in [2.24, 2.45) is 0 Å². The summed E-state index contributed by atoms with van der Waals surface area (Å²) in [4.78, 5) is 27.3. The lowest BCUT2D eigenvalue weighted by atomic mass is 10.2. The molecule has 8 heteroatoms. The van der Waals surface area contributed by atoms with E-state index in [1.807, 2.05) is 4.90 Å². The number of hydrogen-bond donors (Lipinski definition) is 0. The van der Waals surface area contributed by atoms with Crippen LogP contribution in [0.3, 0.4) is 0 Å². The molecule has 1 amide bonds. The van der Waals surface area contributed by atoms with Crippen molar-refractivity contribution in [2.75, 3.05) is 13.2 Å². The van der Waals surface area contributed by atoms with Crippen molar-refractivity contribution in [1.29, 1.82) is 0 Å². The Bertz CT molecular complexity index is 924. The second kappa shape index (κ2) is 6.51. The molecule has 0 aromatic carbocycles. The van der Waals surface area contributed by atoms with E-state index in [0.717, 1.165) is 56.3 Å². The van der Waals surface area contributed by atoms with E-state index in [9.17, 15) is 9.59 Å². The van der Waals surface area contributed by atoms with Gasteiger partial charge in [0.05, 0.1) is 24.9 Å². The number of amides is 1. The van der Waals surface area contributed by atoms with E-state index in [1.54, 1.807) is 21.5 Å². The molecule has 0 saturated carbocycles. The third-order valence-corrected chi connectivity index (χ3v) is 5.77. The van der Waals surface area contributed by atoms with Gasteiger partial charge in [0.1, 0.15) is 0 Å². The molecule has 1 aliphatic carbocycles. The minimum absolute atomic E-state index is 0.0261. The summed E-state index contributed by atoms with van der Waals surface area (Å²) in [5, 5.41) is 8.98. The number of fused-ring (bicyclic) bond motifs is 2. The number of nitrogens with zero attached hydrogens (tertiary/aromatic N) is 5. The molecule has 0 spiro atoms. The highest BCUT2D eigenvalue weighted by atomic mass is 16.5. The summed E-state index contributed by atoms with van der Waals surface area (Å²) in [6.45, 7) is 2.58. The van der Waals surface area contributed by atoms with Gasteiger partial charge in [-0.3, -0.25) is 9.59 Å².